The number of halogens is 1. The summed E-state index contributed by atoms with van der Waals surface area (Å²) < 4.78 is 0.977. The van der Waals surface area contributed by atoms with Crippen molar-refractivity contribution in [2.45, 2.75) is 26.3 Å². The number of hydrogen-bond acceptors (Lipinski definition) is 4. The lowest BCUT2D eigenvalue weighted by molar-refractivity contribution is 0.0933. The Morgan fingerprint density at radius 2 is 2.10 bits per heavy atom. The molecule has 0 aliphatic heterocycles. The highest BCUT2D eigenvalue weighted by atomic mass is 79.9. The molecule has 21 heavy (non-hydrogen) atoms. The highest BCUT2D eigenvalue weighted by molar-refractivity contribution is 9.10. The molecule has 1 heterocycles. The molecule has 2 rings (SSSR count). The van der Waals surface area contributed by atoms with E-state index in [4.69, 9.17) is 0 Å². The summed E-state index contributed by atoms with van der Waals surface area (Å²) in [5.41, 5.74) is 1.21. The first kappa shape index (κ1) is 15.4. The van der Waals surface area contributed by atoms with Crippen molar-refractivity contribution >= 4 is 33.3 Å². The van der Waals surface area contributed by atoms with Crippen LogP contribution in [0, 0.1) is 0 Å². The molecule has 0 aliphatic rings. The van der Waals surface area contributed by atoms with Crippen LogP contribution in [0.5, 0.6) is 0 Å². The SMILES string of the molecule is CCC(C)NC(=O)c1ccc(Nc2cccc(Br)c2)nn1. The predicted octanol–water partition coefficient (Wildman–Crippen LogP) is 3.51. The van der Waals surface area contributed by atoms with Crippen LogP contribution in [0.4, 0.5) is 11.5 Å². The van der Waals surface area contributed by atoms with Crippen molar-refractivity contribution in [2.75, 3.05) is 5.32 Å². The molecular weight excluding hydrogens is 332 g/mol. The Kier molecular flexibility index (Phi) is 5.27. The first-order valence-electron chi connectivity index (χ1n) is 6.75. The van der Waals surface area contributed by atoms with Gasteiger partial charge in [-0.1, -0.05) is 28.9 Å². The van der Waals surface area contributed by atoms with Crippen molar-refractivity contribution in [3.8, 4) is 0 Å². The molecule has 0 radical (unpaired) electrons. The summed E-state index contributed by atoms with van der Waals surface area (Å²) in [4.78, 5) is 11.9. The van der Waals surface area contributed by atoms with Crippen molar-refractivity contribution in [2.24, 2.45) is 0 Å². The normalized spacial score (nSPS) is 11.8. The standard InChI is InChI=1S/C15H17BrN4O/c1-3-10(2)17-15(21)13-7-8-14(20-19-13)18-12-6-4-5-11(16)9-12/h4-10H,3H2,1-2H3,(H,17,21)(H,18,20). The van der Waals surface area contributed by atoms with Gasteiger partial charge in [0.1, 0.15) is 0 Å². The van der Waals surface area contributed by atoms with Crippen LogP contribution in [0.3, 0.4) is 0 Å². The lowest BCUT2D eigenvalue weighted by atomic mass is 10.2. The van der Waals surface area contributed by atoms with E-state index in [1.54, 1.807) is 12.1 Å². The second-order valence-corrected chi connectivity index (χ2v) is 5.64. The fourth-order valence-corrected chi connectivity index (χ4v) is 2.03. The van der Waals surface area contributed by atoms with Crippen molar-refractivity contribution in [1.82, 2.24) is 15.5 Å². The Labute approximate surface area is 132 Å². The predicted molar refractivity (Wildman–Crippen MR) is 86.7 cm³/mol. The molecule has 1 aromatic carbocycles. The molecule has 0 bridgehead atoms. The van der Waals surface area contributed by atoms with Gasteiger partial charge < -0.3 is 10.6 Å². The smallest absolute Gasteiger partial charge is 0.272 e. The van der Waals surface area contributed by atoms with E-state index in [1.807, 2.05) is 38.1 Å². The van der Waals surface area contributed by atoms with Crippen LogP contribution >= 0.6 is 15.9 Å². The zero-order valence-electron chi connectivity index (χ0n) is 11.9. The summed E-state index contributed by atoms with van der Waals surface area (Å²) in [6, 6.07) is 11.2. The average molecular weight is 349 g/mol. The first-order chi connectivity index (χ1) is 10.1. The highest BCUT2D eigenvalue weighted by Gasteiger charge is 2.10. The Morgan fingerprint density at radius 3 is 2.71 bits per heavy atom. The van der Waals surface area contributed by atoms with Crippen molar-refractivity contribution in [3.63, 3.8) is 0 Å². The van der Waals surface area contributed by atoms with Gasteiger partial charge in [0, 0.05) is 16.2 Å². The zero-order chi connectivity index (χ0) is 15.2. The number of amides is 1. The number of carbonyl (C=O) groups is 1. The van der Waals surface area contributed by atoms with E-state index in [2.05, 4.69) is 36.8 Å². The zero-order valence-corrected chi connectivity index (χ0v) is 13.5. The molecule has 0 fully saturated rings. The number of aromatic nitrogens is 2. The molecule has 2 N–H and O–H groups in total. The molecule has 1 unspecified atom stereocenters. The van der Waals surface area contributed by atoms with Gasteiger partial charge in [0.05, 0.1) is 0 Å². The van der Waals surface area contributed by atoms with Gasteiger partial charge in [-0.2, -0.15) is 0 Å². The van der Waals surface area contributed by atoms with Crippen LogP contribution in [-0.2, 0) is 0 Å². The van der Waals surface area contributed by atoms with Gasteiger partial charge >= 0.3 is 0 Å². The largest absolute Gasteiger partial charge is 0.348 e. The van der Waals surface area contributed by atoms with E-state index >= 15 is 0 Å². The van der Waals surface area contributed by atoms with Crippen LogP contribution in [0.25, 0.3) is 0 Å². The van der Waals surface area contributed by atoms with Crippen molar-refractivity contribution < 1.29 is 4.79 Å². The van der Waals surface area contributed by atoms with Crippen LogP contribution in [0.2, 0.25) is 0 Å². The second kappa shape index (κ2) is 7.17. The molecule has 5 nitrogen and oxygen atoms in total. The summed E-state index contributed by atoms with van der Waals surface area (Å²) >= 11 is 3.41. The molecule has 0 saturated carbocycles. The number of carbonyl (C=O) groups excluding carboxylic acids is 1. The van der Waals surface area contributed by atoms with Crippen molar-refractivity contribution in [1.29, 1.82) is 0 Å². The monoisotopic (exact) mass is 348 g/mol. The van der Waals surface area contributed by atoms with E-state index in [0.717, 1.165) is 16.6 Å². The molecule has 1 amide bonds. The van der Waals surface area contributed by atoms with Crippen LogP contribution in [0.1, 0.15) is 30.8 Å². The van der Waals surface area contributed by atoms with Crippen LogP contribution in [0.15, 0.2) is 40.9 Å². The Hall–Kier alpha value is -1.95. The summed E-state index contributed by atoms with van der Waals surface area (Å²) in [5.74, 6) is 0.388. The molecule has 110 valence electrons. The van der Waals surface area contributed by atoms with Gasteiger partial charge in [-0.3, -0.25) is 4.79 Å². The van der Waals surface area contributed by atoms with E-state index in [0.29, 0.717) is 11.5 Å². The molecule has 6 heteroatoms. The number of hydrogen-bond donors (Lipinski definition) is 2. The van der Waals surface area contributed by atoms with Crippen LogP contribution in [-0.4, -0.2) is 22.1 Å². The molecule has 0 aliphatic carbocycles. The summed E-state index contributed by atoms with van der Waals surface area (Å²) in [6.45, 7) is 3.97. The Morgan fingerprint density at radius 1 is 1.29 bits per heavy atom. The lowest BCUT2D eigenvalue weighted by Gasteiger charge is -2.10. The van der Waals surface area contributed by atoms with Gasteiger partial charge in [-0.15, -0.1) is 10.2 Å². The summed E-state index contributed by atoms with van der Waals surface area (Å²) in [6.07, 6.45) is 0.877. The third kappa shape index (κ3) is 4.53. The van der Waals surface area contributed by atoms with Gasteiger partial charge in [0.15, 0.2) is 11.5 Å². The summed E-state index contributed by atoms with van der Waals surface area (Å²) in [5, 5.41) is 14.0. The van der Waals surface area contributed by atoms with E-state index in [1.165, 1.54) is 0 Å². The highest BCUT2D eigenvalue weighted by Crippen LogP contribution is 2.18. The number of anilines is 2. The number of nitrogens with one attached hydrogen (secondary N) is 2. The summed E-state index contributed by atoms with van der Waals surface area (Å²) in [7, 11) is 0. The fourth-order valence-electron chi connectivity index (χ4n) is 1.63. The maximum absolute atomic E-state index is 11.9. The van der Waals surface area contributed by atoms with Gasteiger partial charge in [-0.25, -0.2) is 0 Å². The Bertz CT molecular complexity index is 615. The number of benzene rings is 1. The quantitative estimate of drug-likeness (QED) is 0.867. The topological polar surface area (TPSA) is 66.9 Å². The minimum absolute atomic E-state index is 0.124. The third-order valence-electron chi connectivity index (χ3n) is 2.98. The molecule has 2 aromatic rings. The maximum Gasteiger partial charge on any atom is 0.272 e. The maximum atomic E-state index is 11.9. The number of nitrogens with zero attached hydrogens (tertiary/aromatic N) is 2. The first-order valence-corrected chi connectivity index (χ1v) is 7.55. The molecule has 0 saturated heterocycles. The van der Waals surface area contributed by atoms with E-state index < -0.39 is 0 Å². The minimum atomic E-state index is -0.203. The van der Waals surface area contributed by atoms with Gasteiger partial charge in [0.2, 0.25) is 0 Å². The second-order valence-electron chi connectivity index (χ2n) is 4.72. The molecular formula is C15H17BrN4O. The van der Waals surface area contributed by atoms with E-state index in [9.17, 15) is 4.79 Å². The molecule has 1 aromatic heterocycles. The average Bonchev–Trinajstić information content (AvgIpc) is 2.47. The Balaban J connectivity index is 2.03. The molecule has 1 atom stereocenters. The van der Waals surface area contributed by atoms with Crippen LogP contribution < -0.4 is 10.6 Å². The third-order valence-corrected chi connectivity index (χ3v) is 3.48. The minimum Gasteiger partial charge on any atom is -0.348 e. The molecule has 0 spiro atoms. The van der Waals surface area contributed by atoms with Gasteiger partial charge in [-0.05, 0) is 43.7 Å². The fraction of sp³-hybridized carbons (Fsp3) is 0.267. The van der Waals surface area contributed by atoms with Crippen molar-refractivity contribution in [3.05, 3.63) is 46.6 Å². The lowest BCUT2D eigenvalue weighted by Crippen LogP contribution is -2.32. The van der Waals surface area contributed by atoms with Gasteiger partial charge in [0.25, 0.3) is 5.91 Å². The number of rotatable bonds is 5. The van der Waals surface area contributed by atoms with E-state index in [-0.39, 0.29) is 11.9 Å².